The highest BCUT2D eigenvalue weighted by Crippen LogP contribution is 2.34. The van der Waals surface area contributed by atoms with Gasteiger partial charge >= 0.3 is 0 Å². The molecule has 22 heavy (non-hydrogen) atoms. The third-order valence-corrected chi connectivity index (χ3v) is 4.30. The molecule has 0 aliphatic rings. The Morgan fingerprint density at radius 1 is 1.36 bits per heavy atom. The second-order valence-corrected chi connectivity index (χ2v) is 6.34. The first-order valence-electron chi connectivity index (χ1n) is 7.77. The van der Waals surface area contributed by atoms with Crippen LogP contribution in [0.5, 0.6) is 5.75 Å². The summed E-state index contributed by atoms with van der Waals surface area (Å²) in [5.41, 5.74) is 4.29. The summed E-state index contributed by atoms with van der Waals surface area (Å²) >= 11 is 5.46. The maximum Gasteiger partial charge on any atom is 0.143 e. The lowest BCUT2D eigenvalue weighted by atomic mass is 9.84. The van der Waals surface area contributed by atoms with Crippen molar-refractivity contribution in [3.63, 3.8) is 0 Å². The van der Waals surface area contributed by atoms with Gasteiger partial charge in [0, 0.05) is 7.34 Å². The third kappa shape index (κ3) is 4.51. The summed E-state index contributed by atoms with van der Waals surface area (Å²) in [6.07, 6.45) is 5.74. The van der Waals surface area contributed by atoms with E-state index in [1.54, 1.807) is 13.2 Å². The second kappa shape index (κ2) is 8.84. The Morgan fingerprint density at radius 2 is 2.05 bits per heavy atom. The molecule has 0 fully saturated rings. The minimum absolute atomic E-state index is 0. The fourth-order valence-electron chi connectivity index (χ4n) is 2.77. The molecule has 0 aromatic heterocycles. The molecule has 0 aliphatic heterocycles. The maximum absolute atomic E-state index is 11.2. The number of hydrogen-bond donors (Lipinski definition) is 0. The van der Waals surface area contributed by atoms with Gasteiger partial charge in [-0.05, 0) is 72.5 Å². The Hall–Kier alpha value is -1.48. The molecule has 0 bridgehead atoms. The number of aryl methyl sites for hydroxylation is 2. The third-order valence-electron chi connectivity index (χ3n) is 4.01. The largest absolute Gasteiger partial charge is 0.496 e. The van der Waals surface area contributed by atoms with Crippen LogP contribution in [0.2, 0.25) is 0 Å². The highest BCUT2D eigenvalue weighted by molar-refractivity contribution is 7.80. The summed E-state index contributed by atoms with van der Waals surface area (Å²) in [6, 6.07) is 4.12. The first-order chi connectivity index (χ1) is 10.5. The number of hydrogen-bond acceptors (Lipinski definition) is 3. The summed E-state index contributed by atoms with van der Waals surface area (Å²) < 4.78 is 5.38. The number of thiocarbonyl (C=S) groups is 1. The zero-order valence-electron chi connectivity index (χ0n) is 14.2. The molecule has 0 radical (unpaired) electrons. The van der Waals surface area contributed by atoms with E-state index < -0.39 is 0 Å². The molecule has 0 amide bonds. The molecule has 0 spiro atoms. The SMILES string of the molecule is CCCCC(C(C)=S)/C(=C\C=O)c1cc(C)c(OC)cc1C.[HH]. The van der Waals surface area contributed by atoms with E-state index in [2.05, 4.69) is 13.0 Å². The summed E-state index contributed by atoms with van der Waals surface area (Å²) in [5.74, 6) is 1.02. The van der Waals surface area contributed by atoms with E-state index in [0.717, 1.165) is 58.4 Å². The molecule has 3 heteroatoms. The number of carbonyl (C=O) groups is 1. The molecule has 0 aliphatic carbocycles. The Labute approximate surface area is 141 Å². The highest BCUT2D eigenvalue weighted by Gasteiger charge is 2.20. The van der Waals surface area contributed by atoms with Crippen molar-refractivity contribution in [3.8, 4) is 5.75 Å². The Morgan fingerprint density at radius 3 is 2.55 bits per heavy atom. The topological polar surface area (TPSA) is 26.3 Å². The zero-order chi connectivity index (χ0) is 16.7. The van der Waals surface area contributed by atoms with Crippen LogP contribution in [0.15, 0.2) is 18.2 Å². The van der Waals surface area contributed by atoms with Gasteiger partial charge in [-0.25, -0.2) is 0 Å². The van der Waals surface area contributed by atoms with Crippen LogP contribution in [0, 0.1) is 19.8 Å². The molecule has 1 aromatic carbocycles. The van der Waals surface area contributed by atoms with E-state index in [9.17, 15) is 4.79 Å². The fourth-order valence-corrected chi connectivity index (χ4v) is 3.02. The van der Waals surface area contributed by atoms with Crippen molar-refractivity contribution in [3.05, 3.63) is 34.9 Å². The van der Waals surface area contributed by atoms with Gasteiger partial charge in [0.25, 0.3) is 0 Å². The van der Waals surface area contributed by atoms with Gasteiger partial charge in [-0.1, -0.05) is 32.0 Å². The summed E-state index contributed by atoms with van der Waals surface area (Å²) in [7, 11) is 1.68. The van der Waals surface area contributed by atoms with Crippen molar-refractivity contribution in [2.75, 3.05) is 7.11 Å². The number of methoxy groups -OCH3 is 1. The van der Waals surface area contributed by atoms with Gasteiger partial charge in [-0.3, -0.25) is 4.79 Å². The van der Waals surface area contributed by atoms with Crippen molar-refractivity contribution in [2.45, 2.75) is 47.0 Å². The molecular weight excluding hydrogens is 292 g/mol. The molecule has 0 saturated heterocycles. The van der Waals surface area contributed by atoms with Crippen LogP contribution in [0.3, 0.4) is 0 Å². The number of rotatable bonds is 8. The summed E-state index contributed by atoms with van der Waals surface area (Å²) in [5, 5.41) is 0. The highest BCUT2D eigenvalue weighted by atomic mass is 32.1. The molecule has 0 N–H and O–H groups in total. The van der Waals surface area contributed by atoms with Crippen molar-refractivity contribution in [1.82, 2.24) is 0 Å². The lowest BCUT2D eigenvalue weighted by molar-refractivity contribution is -0.104. The lowest BCUT2D eigenvalue weighted by Gasteiger charge is -2.22. The number of benzene rings is 1. The van der Waals surface area contributed by atoms with Crippen molar-refractivity contribution < 1.29 is 11.0 Å². The summed E-state index contributed by atoms with van der Waals surface area (Å²) in [6.45, 7) is 8.21. The van der Waals surface area contributed by atoms with Gasteiger partial charge in [0.2, 0.25) is 0 Å². The zero-order valence-corrected chi connectivity index (χ0v) is 15.0. The number of carbonyl (C=O) groups excluding carboxylic acids is 1. The molecule has 0 saturated carbocycles. The number of unbranched alkanes of at least 4 members (excludes halogenated alkanes) is 1. The van der Waals surface area contributed by atoms with Crippen LogP contribution >= 0.6 is 12.2 Å². The van der Waals surface area contributed by atoms with Crippen LogP contribution in [0.1, 0.15) is 51.2 Å². The second-order valence-electron chi connectivity index (χ2n) is 5.70. The van der Waals surface area contributed by atoms with Crippen LogP contribution in [-0.4, -0.2) is 18.3 Å². The van der Waals surface area contributed by atoms with Gasteiger partial charge < -0.3 is 4.74 Å². The quantitative estimate of drug-likeness (QED) is 0.367. The van der Waals surface area contributed by atoms with Crippen molar-refractivity contribution in [1.29, 1.82) is 0 Å². The Balaban J connectivity index is 0.00000484. The Bertz CT molecular complexity index is 579. The molecule has 1 atom stereocenters. The molecule has 0 heterocycles. The normalized spacial score (nSPS) is 12.9. The van der Waals surface area contributed by atoms with Gasteiger partial charge in [-0.2, -0.15) is 0 Å². The van der Waals surface area contributed by atoms with Crippen LogP contribution in [0.25, 0.3) is 5.57 Å². The van der Waals surface area contributed by atoms with Gasteiger partial charge in [0.1, 0.15) is 12.0 Å². The molecule has 1 unspecified atom stereocenters. The molecule has 2 nitrogen and oxygen atoms in total. The number of allylic oxidation sites excluding steroid dienone is 2. The predicted molar refractivity (Wildman–Crippen MR) is 99.9 cm³/mol. The van der Waals surface area contributed by atoms with Crippen LogP contribution < -0.4 is 4.74 Å². The van der Waals surface area contributed by atoms with Crippen LogP contribution in [-0.2, 0) is 4.79 Å². The van der Waals surface area contributed by atoms with Gasteiger partial charge in [0.05, 0.1) is 7.11 Å². The van der Waals surface area contributed by atoms with E-state index >= 15 is 0 Å². The van der Waals surface area contributed by atoms with E-state index in [-0.39, 0.29) is 7.34 Å². The van der Waals surface area contributed by atoms with E-state index in [1.807, 2.05) is 26.8 Å². The first-order valence-corrected chi connectivity index (χ1v) is 8.18. The van der Waals surface area contributed by atoms with Crippen molar-refractivity contribution >= 4 is 28.9 Å². The van der Waals surface area contributed by atoms with E-state index in [0.29, 0.717) is 0 Å². The van der Waals surface area contributed by atoms with Gasteiger partial charge in [-0.15, -0.1) is 0 Å². The Kier molecular flexibility index (Phi) is 7.46. The molecular formula is C19H28O2S. The lowest BCUT2D eigenvalue weighted by Crippen LogP contribution is -2.13. The maximum atomic E-state index is 11.2. The van der Waals surface area contributed by atoms with E-state index in [1.165, 1.54) is 0 Å². The molecule has 1 aromatic rings. The smallest absolute Gasteiger partial charge is 0.143 e. The molecule has 122 valence electrons. The fraction of sp³-hybridized carbons (Fsp3) is 0.474. The van der Waals surface area contributed by atoms with E-state index in [4.69, 9.17) is 17.0 Å². The standard InChI is InChI=1S/C19H26O2S.H2/c1-6-7-8-16(15(4)22)17(9-10-20)18-11-14(3)19(21-5)12-13(18)2;/h9-12,16H,6-8H2,1-5H3;1H/b17-9+;. The van der Waals surface area contributed by atoms with Crippen LogP contribution in [0.4, 0.5) is 0 Å². The van der Waals surface area contributed by atoms with Crippen molar-refractivity contribution in [2.24, 2.45) is 5.92 Å². The first kappa shape index (κ1) is 18.6. The number of aldehydes is 1. The molecule has 1 rings (SSSR count). The predicted octanol–water partition coefficient (Wildman–Crippen LogP) is 5.34. The average Bonchev–Trinajstić information content (AvgIpc) is 2.48. The number of ether oxygens (including phenoxy) is 1. The summed E-state index contributed by atoms with van der Waals surface area (Å²) in [4.78, 5) is 12.1. The minimum atomic E-state index is 0. The minimum Gasteiger partial charge on any atom is -0.496 e. The van der Waals surface area contributed by atoms with Gasteiger partial charge in [0.15, 0.2) is 0 Å². The average molecular weight is 320 g/mol. The monoisotopic (exact) mass is 320 g/mol.